The summed E-state index contributed by atoms with van der Waals surface area (Å²) in [5.41, 5.74) is 23.7. The summed E-state index contributed by atoms with van der Waals surface area (Å²) in [6, 6.07) is 107. The molecule has 0 unspecified atom stereocenters. The van der Waals surface area contributed by atoms with Crippen LogP contribution in [-0.2, 0) is 5.41 Å². The van der Waals surface area contributed by atoms with Gasteiger partial charge in [-0.2, -0.15) is 0 Å². The predicted octanol–water partition coefficient (Wildman–Crippen LogP) is 19.1. The molecule has 1 spiro atoms. The first-order chi connectivity index (χ1) is 36.2. The number of hydrogen-bond acceptors (Lipinski definition) is 2. The summed E-state index contributed by atoms with van der Waals surface area (Å²) < 4.78 is 0. The quantitative estimate of drug-likeness (QED) is 0.142. The second kappa shape index (κ2) is 17.4. The van der Waals surface area contributed by atoms with Crippen LogP contribution in [0.25, 0.3) is 66.4 Å². The van der Waals surface area contributed by atoms with Crippen molar-refractivity contribution in [2.24, 2.45) is 0 Å². The Kier molecular flexibility index (Phi) is 10.1. The van der Waals surface area contributed by atoms with Crippen molar-refractivity contribution in [3.05, 3.63) is 313 Å². The molecule has 0 saturated carbocycles. The van der Waals surface area contributed by atoms with E-state index in [0.29, 0.717) is 0 Å². The number of nitrogens with zero attached hydrogens (tertiary/aromatic N) is 2. The average molecular weight is 929 g/mol. The van der Waals surface area contributed by atoms with E-state index in [1.165, 1.54) is 77.5 Å². The number of rotatable bonds is 9. The van der Waals surface area contributed by atoms with Gasteiger partial charge in [0.2, 0.25) is 0 Å². The third kappa shape index (κ3) is 6.79. The Bertz CT molecular complexity index is 3970. The molecule has 0 amide bonds. The number of fused-ring (bicyclic) bond motifs is 11. The Labute approximate surface area is 427 Å². The van der Waals surface area contributed by atoms with E-state index < -0.39 is 5.41 Å². The zero-order valence-electron chi connectivity index (χ0n) is 40.1. The fraction of sp³-hybridized carbons (Fsp3) is 0.0141. The van der Waals surface area contributed by atoms with Gasteiger partial charge < -0.3 is 9.80 Å². The van der Waals surface area contributed by atoms with E-state index in [1.54, 1.807) is 0 Å². The minimum atomic E-state index is -0.454. The van der Waals surface area contributed by atoms with E-state index >= 15 is 0 Å². The molecule has 2 nitrogen and oxygen atoms in total. The number of hydrogen-bond donors (Lipinski definition) is 0. The highest BCUT2D eigenvalue weighted by Crippen LogP contribution is 2.64. The van der Waals surface area contributed by atoms with Gasteiger partial charge in [0.15, 0.2) is 0 Å². The minimum Gasteiger partial charge on any atom is -0.310 e. The van der Waals surface area contributed by atoms with E-state index in [1.807, 2.05) is 0 Å². The lowest BCUT2D eigenvalue weighted by molar-refractivity contribution is 0.794. The van der Waals surface area contributed by atoms with Gasteiger partial charge in [0.25, 0.3) is 0 Å². The number of anilines is 6. The summed E-state index contributed by atoms with van der Waals surface area (Å²) in [6.07, 6.45) is 0. The van der Waals surface area contributed by atoms with E-state index in [2.05, 4.69) is 301 Å². The van der Waals surface area contributed by atoms with Crippen LogP contribution in [0.5, 0.6) is 0 Å². The van der Waals surface area contributed by atoms with Crippen molar-refractivity contribution < 1.29 is 0 Å². The lowest BCUT2D eigenvalue weighted by atomic mass is 9.70. The summed E-state index contributed by atoms with van der Waals surface area (Å²) in [6.45, 7) is 0. The summed E-state index contributed by atoms with van der Waals surface area (Å²) in [7, 11) is 0. The zero-order valence-corrected chi connectivity index (χ0v) is 40.1. The monoisotopic (exact) mass is 928 g/mol. The highest BCUT2D eigenvalue weighted by Gasteiger charge is 2.52. The van der Waals surface area contributed by atoms with Gasteiger partial charge in [-0.3, -0.25) is 0 Å². The van der Waals surface area contributed by atoms with Crippen molar-refractivity contribution in [2.75, 3.05) is 9.80 Å². The molecule has 2 aliphatic carbocycles. The third-order valence-electron chi connectivity index (χ3n) is 15.3. The fourth-order valence-electron chi connectivity index (χ4n) is 12.2. The molecular weight excluding hydrogens is 881 g/mol. The summed E-state index contributed by atoms with van der Waals surface area (Å²) in [5, 5.41) is 2.44. The molecule has 0 heterocycles. The molecule has 73 heavy (non-hydrogen) atoms. The fourth-order valence-corrected chi connectivity index (χ4v) is 12.2. The molecule has 342 valence electrons. The molecule has 12 aromatic carbocycles. The van der Waals surface area contributed by atoms with Crippen LogP contribution in [0.4, 0.5) is 34.1 Å². The normalized spacial score (nSPS) is 12.5. The zero-order chi connectivity index (χ0) is 48.3. The van der Waals surface area contributed by atoms with Gasteiger partial charge in [0.1, 0.15) is 0 Å². The molecule has 0 bridgehead atoms. The molecule has 2 aliphatic rings. The molecule has 0 N–H and O–H groups in total. The van der Waals surface area contributed by atoms with Gasteiger partial charge in [-0.05, 0) is 138 Å². The SMILES string of the molecule is c1ccc(-c2ccc(N(c3cccc(-c4ccc(N(c5ccccc5)c5ccc6ccccc6c5-c5ccccc5)cc4)c3)c3cccc4c3-c3ccccc3C43c4ccccc4-c4ccccc43)cc2)cc1. The van der Waals surface area contributed by atoms with E-state index in [0.717, 1.165) is 45.3 Å². The summed E-state index contributed by atoms with van der Waals surface area (Å²) >= 11 is 0. The minimum absolute atomic E-state index is 0.454. The Hall–Kier alpha value is -9.50. The maximum atomic E-state index is 2.48. The van der Waals surface area contributed by atoms with Gasteiger partial charge in [0, 0.05) is 33.9 Å². The van der Waals surface area contributed by atoms with Crippen LogP contribution in [0.15, 0.2) is 291 Å². The second-order valence-electron chi connectivity index (χ2n) is 19.1. The molecule has 0 atom stereocenters. The number of para-hydroxylation sites is 1. The molecule has 12 aromatic rings. The first kappa shape index (κ1) is 42.4. The van der Waals surface area contributed by atoms with Gasteiger partial charge in [-0.15, -0.1) is 0 Å². The Balaban J connectivity index is 0.922. The van der Waals surface area contributed by atoms with E-state index in [-0.39, 0.29) is 0 Å². The standard InChI is InChI=1S/C71H48N2/c1-4-20-49(21-5-1)50-38-43-57(44-39-50)73(67-37-19-36-66-70(67)62-32-14-17-35-65(62)71(66)63-33-15-12-30-60(63)61-31-13-16-34-64(61)71)58-28-18-25-54(48-58)51-40-45-56(46-41-51)72(55-26-8-3-9-27-55)68-47-42-52-22-10-11-29-59(52)69(68)53-23-6-2-7-24-53/h1-48H. The molecule has 0 radical (unpaired) electrons. The largest absolute Gasteiger partial charge is 0.310 e. The first-order valence-electron chi connectivity index (χ1n) is 25.3. The highest BCUT2D eigenvalue weighted by molar-refractivity contribution is 6.06. The Morgan fingerprint density at radius 1 is 0.233 bits per heavy atom. The summed E-state index contributed by atoms with van der Waals surface area (Å²) in [4.78, 5) is 4.88. The van der Waals surface area contributed by atoms with Gasteiger partial charge in [-0.25, -0.2) is 0 Å². The van der Waals surface area contributed by atoms with Crippen LogP contribution in [0.1, 0.15) is 22.3 Å². The van der Waals surface area contributed by atoms with Crippen LogP contribution in [0.3, 0.4) is 0 Å². The van der Waals surface area contributed by atoms with Crippen molar-refractivity contribution >= 4 is 44.9 Å². The van der Waals surface area contributed by atoms with E-state index in [4.69, 9.17) is 0 Å². The highest BCUT2D eigenvalue weighted by atomic mass is 15.2. The molecule has 0 aromatic heterocycles. The van der Waals surface area contributed by atoms with Crippen LogP contribution >= 0.6 is 0 Å². The molecular formula is C71H48N2. The van der Waals surface area contributed by atoms with Crippen LogP contribution in [0.2, 0.25) is 0 Å². The van der Waals surface area contributed by atoms with Crippen molar-refractivity contribution in [1.29, 1.82) is 0 Å². The Morgan fingerprint density at radius 3 is 1.32 bits per heavy atom. The van der Waals surface area contributed by atoms with E-state index in [9.17, 15) is 0 Å². The first-order valence-corrected chi connectivity index (χ1v) is 25.3. The van der Waals surface area contributed by atoms with Crippen molar-refractivity contribution in [3.63, 3.8) is 0 Å². The molecule has 0 aliphatic heterocycles. The van der Waals surface area contributed by atoms with Crippen molar-refractivity contribution in [2.45, 2.75) is 5.41 Å². The van der Waals surface area contributed by atoms with Crippen LogP contribution in [-0.4, -0.2) is 0 Å². The van der Waals surface area contributed by atoms with Gasteiger partial charge in [0.05, 0.1) is 16.8 Å². The lowest BCUT2D eigenvalue weighted by Gasteiger charge is -2.32. The average Bonchev–Trinajstić information content (AvgIpc) is 3.94. The maximum absolute atomic E-state index is 2.48. The third-order valence-corrected chi connectivity index (χ3v) is 15.3. The Morgan fingerprint density at radius 2 is 0.658 bits per heavy atom. The molecule has 0 saturated heterocycles. The van der Waals surface area contributed by atoms with Crippen molar-refractivity contribution in [1.82, 2.24) is 0 Å². The summed E-state index contributed by atoms with van der Waals surface area (Å²) in [5.74, 6) is 0. The smallest absolute Gasteiger partial charge is 0.0726 e. The molecule has 2 heteroatoms. The molecule has 0 fully saturated rings. The lowest BCUT2D eigenvalue weighted by Crippen LogP contribution is -2.26. The number of benzene rings is 12. The molecule has 14 rings (SSSR count). The van der Waals surface area contributed by atoms with Gasteiger partial charge in [-0.1, -0.05) is 231 Å². The van der Waals surface area contributed by atoms with Crippen LogP contribution < -0.4 is 9.80 Å². The topological polar surface area (TPSA) is 6.48 Å². The van der Waals surface area contributed by atoms with Gasteiger partial charge >= 0.3 is 0 Å². The maximum Gasteiger partial charge on any atom is 0.0726 e. The second-order valence-corrected chi connectivity index (χ2v) is 19.1. The predicted molar refractivity (Wildman–Crippen MR) is 306 cm³/mol. The van der Waals surface area contributed by atoms with Crippen LogP contribution in [0, 0.1) is 0 Å². The van der Waals surface area contributed by atoms with Crippen molar-refractivity contribution in [3.8, 4) is 55.6 Å².